The fraction of sp³-hybridized carbons (Fsp3) is 0.611. The molecule has 5 nitrogen and oxygen atoms in total. The van der Waals surface area contributed by atoms with Gasteiger partial charge in [0.05, 0.1) is 12.1 Å². The summed E-state index contributed by atoms with van der Waals surface area (Å²) in [6.45, 7) is 6.13. The molecular weight excluding hydrogens is 292 g/mol. The highest BCUT2D eigenvalue weighted by Gasteiger charge is 2.38. The maximum atomic E-state index is 12.3. The smallest absolute Gasteiger partial charge is 0.410 e. The molecule has 1 heterocycles. The Hall–Kier alpha value is -1.59. The van der Waals surface area contributed by atoms with Crippen molar-refractivity contribution in [3.05, 3.63) is 35.9 Å². The zero-order valence-electron chi connectivity index (χ0n) is 14.2. The fourth-order valence-electron chi connectivity index (χ4n) is 2.99. The second-order valence-electron chi connectivity index (χ2n) is 7.23. The Kier molecular flexibility index (Phi) is 5.65. The predicted molar refractivity (Wildman–Crippen MR) is 90.1 cm³/mol. The lowest BCUT2D eigenvalue weighted by Crippen LogP contribution is -2.52. The van der Waals surface area contributed by atoms with Crippen LogP contribution in [-0.4, -0.2) is 46.4 Å². The summed E-state index contributed by atoms with van der Waals surface area (Å²) in [5.41, 5.74) is 6.73. The van der Waals surface area contributed by atoms with E-state index in [4.69, 9.17) is 10.5 Å². The molecule has 0 aliphatic carbocycles. The first-order valence-electron chi connectivity index (χ1n) is 8.25. The van der Waals surface area contributed by atoms with Gasteiger partial charge in [-0.15, -0.1) is 0 Å². The lowest BCUT2D eigenvalue weighted by molar-refractivity contribution is 0.000868. The van der Waals surface area contributed by atoms with E-state index in [1.165, 1.54) is 0 Å². The first kappa shape index (κ1) is 17.8. The molecule has 3 atom stereocenters. The lowest BCUT2D eigenvalue weighted by atomic mass is 9.96. The van der Waals surface area contributed by atoms with Crippen molar-refractivity contribution in [1.82, 2.24) is 4.90 Å². The summed E-state index contributed by atoms with van der Waals surface area (Å²) in [7, 11) is 0. The monoisotopic (exact) mass is 320 g/mol. The van der Waals surface area contributed by atoms with Crippen LogP contribution in [0.4, 0.5) is 4.79 Å². The van der Waals surface area contributed by atoms with Crippen LogP contribution < -0.4 is 5.73 Å². The molecule has 0 radical (unpaired) electrons. The Labute approximate surface area is 138 Å². The van der Waals surface area contributed by atoms with Crippen LogP contribution in [0.3, 0.4) is 0 Å². The zero-order valence-corrected chi connectivity index (χ0v) is 14.2. The standard InChI is InChI=1S/C18H28N2O3/c1-18(2,3)23-17(22)20-11-7-10-15(20)16(21)14(19)12-13-8-5-4-6-9-13/h4-6,8-9,14-16,21H,7,10-12,19H2,1-3H3/t14-,15?,16-/m0/s1. The minimum Gasteiger partial charge on any atom is -0.444 e. The van der Waals surface area contributed by atoms with Crippen molar-refractivity contribution in [2.75, 3.05) is 6.54 Å². The highest BCUT2D eigenvalue weighted by atomic mass is 16.6. The predicted octanol–water partition coefficient (Wildman–Crippen LogP) is 2.32. The van der Waals surface area contributed by atoms with E-state index >= 15 is 0 Å². The number of nitrogens with zero attached hydrogens (tertiary/aromatic N) is 1. The average molecular weight is 320 g/mol. The fourth-order valence-corrected chi connectivity index (χ4v) is 2.99. The Morgan fingerprint density at radius 1 is 1.39 bits per heavy atom. The van der Waals surface area contributed by atoms with Gasteiger partial charge in [-0.2, -0.15) is 0 Å². The molecule has 23 heavy (non-hydrogen) atoms. The molecule has 1 unspecified atom stereocenters. The van der Waals surface area contributed by atoms with Crippen LogP contribution in [0.25, 0.3) is 0 Å². The van der Waals surface area contributed by atoms with Gasteiger partial charge in [0.2, 0.25) is 0 Å². The third-order valence-electron chi connectivity index (χ3n) is 4.07. The molecule has 0 spiro atoms. The summed E-state index contributed by atoms with van der Waals surface area (Å²) in [5.74, 6) is 0. The molecule has 128 valence electrons. The molecule has 1 amide bonds. The first-order chi connectivity index (χ1) is 10.8. The highest BCUT2D eigenvalue weighted by molar-refractivity contribution is 5.69. The number of ether oxygens (including phenoxy) is 1. The quantitative estimate of drug-likeness (QED) is 0.892. The number of benzene rings is 1. The maximum Gasteiger partial charge on any atom is 0.410 e. The van der Waals surface area contributed by atoms with Crippen LogP contribution in [0.2, 0.25) is 0 Å². The molecule has 5 heteroatoms. The number of carbonyl (C=O) groups excluding carboxylic acids is 1. The van der Waals surface area contributed by atoms with Gasteiger partial charge in [0.25, 0.3) is 0 Å². The van der Waals surface area contributed by atoms with E-state index in [0.717, 1.165) is 18.4 Å². The first-order valence-corrected chi connectivity index (χ1v) is 8.25. The van der Waals surface area contributed by atoms with Gasteiger partial charge in [-0.3, -0.25) is 0 Å². The molecule has 1 fully saturated rings. The van der Waals surface area contributed by atoms with Crippen molar-refractivity contribution in [2.24, 2.45) is 5.73 Å². The molecule has 0 bridgehead atoms. The van der Waals surface area contributed by atoms with Crippen LogP contribution in [0.1, 0.15) is 39.2 Å². The molecule has 1 aromatic rings. The van der Waals surface area contributed by atoms with E-state index in [1.807, 2.05) is 51.1 Å². The summed E-state index contributed by atoms with van der Waals surface area (Å²) in [6, 6.07) is 9.16. The third-order valence-corrected chi connectivity index (χ3v) is 4.07. The number of nitrogens with two attached hydrogens (primary N) is 1. The molecule has 1 aromatic carbocycles. The van der Waals surface area contributed by atoms with E-state index < -0.39 is 17.7 Å². The number of amides is 1. The normalized spacial score (nSPS) is 21.1. The van der Waals surface area contributed by atoms with Crippen molar-refractivity contribution >= 4 is 6.09 Å². The second kappa shape index (κ2) is 7.32. The summed E-state index contributed by atoms with van der Waals surface area (Å²) in [5, 5.41) is 10.6. The molecule has 0 aromatic heterocycles. The van der Waals surface area contributed by atoms with Gasteiger partial charge in [0, 0.05) is 12.6 Å². The topological polar surface area (TPSA) is 75.8 Å². The Morgan fingerprint density at radius 2 is 2.04 bits per heavy atom. The maximum absolute atomic E-state index is 12.3. The van der Waals surface area contributed by atoms with E-state index in [2.05, 4.69) is 0 Å². The van der Waals surface area contributed by atoms with Crippen molar-refractivity contribution in [3.8, 4) is 0 Å². The average Bonchev–Trinajstić information content (AvgIpc) is 2.95. The number of aliphatic hydroxyl groups is 1. The minimum absolute atomic E-state index is 0.274. The number of likely N-dealkylation sites (tertiary alicyclic amines) is 1. The van der Waals surface area contributed by atoms with Crippen LogP contribution in [0.15, 0.2) is 30.3 Å². The zero-order chi connectivity index (χ0) is 17.0. The second-order valence-corrected chi connectivity index (χ2v) is 7.23. The van der Waals surface area contributed by atoms with E-state index in [-0.39, 0.29) is 12.1 Å². The molecule has 1 saturated heterocycles. The van der Waals surface area contributed by atoms with Gasteiger partial charge in [0.1, 0.15) is 5.60 Å². The van der Waals surface area contributed by atoms with E-state index in [9.17, 15) is 9.90 Å². The number of rotatable bonds is 4. The minimum atomic E-state index is -0.759. The van der Waals surface area contributed by atoms with E-state index in [0.29, 0.717) is 13.0 Å². The van der Waals surface area contributed by atoms with Crippen molar-refractivity contribution < 1.29 is 14.6 Å². The molecule has 0 saturated carbocycles. The van der Waals surface area contributed by atoms with Crippen LogP contribution in [-0.2, 0) is 11.2 Å². The molecular formula is C18H28N2O3. The summed E-state index contributed by atoms with van der Waals surface area (Å²) in [6.07, 6.45) is 1.07. The number of hydrogen-bond donors (Lipinski definition) is 2. The third kappa shape index (κ3) is 4.94. The summed E-state index contributed by atoms with van der Waals surface area (Å²) >= 11 is 0. The Morgan fingerprint density at radius 3 is 2.65 bits per heavy atom. The molecule has 2 rings (SSSR count). The Balaban J connectivity index is 1.99. The van der Waals surface area contributed by atoms with Crippen LogP contribution >= 0.6 is 0 Å². The van der Waals surface area contributed by atoms with Gasteiger partial charge in [-0.05, 0) is 45.6 Å². The van der Waals surface area contributed by atoms with Crippen LogP contribution in [0.5, 0.6) is 0 Å². The van der Waals surface area contributed by atoms with Gasteiger partial charge >= 0.3 is 6.09 Å². The highest BCUT2D eigenvalue weighted by Crippen LogP contribution is 2.25. The van der Waals surface area contributed by atoms with Crippen LogP contribution in [0, 0.1) is 0 Å². The van der Waals surface area contributed by atoms with Gasteiger partial charge < -0.3 is 20.5 Å². The van der Waals surface area contributed by atoms with Crippen molar-refractivity contribution in [3.63, 3.8) is 0 Å². The van der Waals surface area contributed by atoms with Gasteiger partial charge in [0.15, 0.2) is 0 Å². The van der Waals surface area contributed by atoms with Crippen molar-refractivity contribution in [2.45, 2.75) is 63.8 Å². The Bertz CT molecular complexity index is 513. The summed E-state index contributed by atoms with van der Waals surface area (Å²) in [4.78, 5) is 13.9. The molecule has 3 N–H and O–H groups in total. The largest absolute Gasteiger partial charge is 0.444 e. The van der Waals surface area contributed by atoms with Gasteiger partial charge in [-0.25, -0.2) is 4.79 Å². The van der Waals surface area contributed by atoms with E-state index in [1.54, 1.807) is 4.90 Å². The summed E-state index contributed by atoms with van der Waals surface area (Å²) < 4.78 is 5.44. The molecule has 1 aliphatic rings. The SMILES string of the molecule is CC(C)(C)OC(=O)N1CCCC1[C@@H](O)[C@@H](N)Cc1ccccc1. The number of carbonyl (C=O) groups is 1. The van der Waals surface area contributed by atoms with Gasteiger partial charge in [-0.1, -0.05) is 30.3 Å². The van der Waals surface area contributed by atoms with Crippen molar-refractivity contribution in [1.29, 1.82) is 0 Å². The number of aliphatic hydroxyl groups excluding tert-OH is 1. The number of hydrogen-bond acceptors (Lipinski definition) is 4. The lowest BCUT2D eigenvalue weighted by Gasteiger charge is -2.33. The molecule has 1 aliphatic heterocycles.